The van der Waals surface area contributed by atoms with E-state index in [1.54, 1.807) is 13.8 Å². The Bertz CT molecular complexity index is 1190. The Balaban J connectivity index is 1.44. The number of hydrogen-bond donors (Lipinski definition) is 2. The summed E-state index contributed by atoms with van der Waals surface area (Å²) in [6.45, 7) is 9.60. The van der Waals surface area contributed by atoms with Crippen LogP contribution in [0.4, 0.5) is 0 Å². The normalized spacial score (nSPS) is 26.3. The smallest absolute Gasteiger partial charge is 0.339 e. The van der Waals surface area contributed by atoms with E-state index in [0.29, 0.717) is 25.0 Å². The van der Waals surface area contributed by atoms with Crippen LogP contribution in [0, 0.1) is 0 Å². The molecule has 5 rings (SSSR count). The summed E-state index contributed by atoms with van der Waals surface area (Å²) >= 11 is 0. The average Bonchev–Trinajstić information content (AvgIpc) is 3.57. The monoisotopic (exact) mass is 571 g/mol. The first-order valence-corrected chi connectivity index (χ1v) is 15.1. The number of esters is 2. The second-order valence-electron chi connectivity index (χ2n) is 12.9. The van der Waals surface area contributed by atoms with Crippen LogP contribution in [0.5, 0.6) is 11.5 Å². The van der Waals surface area contributed by atoms with Crippen LogP contribution in [-0.2, 0) is 25.5 Å². The third-order valence-electron chi connectivity index (χ3n) is 9.17. The standard InChI is InChI=1S/C32H45NO8/c1-5-6-15-38-26(34)19-32(37,12-7-10-30(3,4)36)29(35)41-28-21(2)18-31-11-8-13-33(31)14-9-22-16-24-25(40-20-39-24)17-23(22)27(28)31/h16-18,27-28,36-37H,5-15,19-20H2,1-4H3/t27-,28?,31-,32-/m1/s1. The number of carbonyl (C=O) groups excluding carboxylic acids is 2. The number of fused-ring (bicyclic) bond motifs is 3. The van der Waals surface area contributed by atoms with Gasteiger partial charge in [0, 0.05) is 12.5 Å². The number of ether oxygens (including phenoxy) is 4. The molecule has 4 aliphatic rings. The highest BCUT2D eigenvalue weighted by molar-refractivity contribution is 5.86. The number of hydrogen-bond acceptors (Lipinski definition) is 9. The topological polar surface area (TPSA) is 115 Å². The van der Waals surface area contributed by atoms with Crippen LogP contribution >= 0.6 is 0 Å². The largest absolute Gasteiger partial charge is 0.466 e. The van der Waals surface area contributed by atoms with Crippen molar-refractivity contribution in [1.82, 2.24) is 4.90 Å². The fraction of sp³-hybridized carbons (Fsp3) is 0.688. The van der Waals surface area contributed by atoms with Gasteiger partial charge in [-0.3, -0.25) is 9.69 Å². The molecule has 1 aromatic carbocycles. The van der Waals surface area contributed by atoms with Crippen LogP contribution in [0.25, 0.3) is 0 Å². The van der Waals surface area contributed by atoms with Crippen molar-refractivity contribution in [1.29, 1.82) is 0 Å². The lowest BCUT2D eigenvalue weighted by atomic mass is 9.77. The third kappa shape index (κ3) is 5.99. The quantitative estimate of drug-likeness (QED) is 0.229. The van der Waals surface area contributed by atoms with E-state index < -0.39 is 35.7 Å². The Labute approximate surface area is 242 Å². The predicted octanol–water partition coefficient (Wildman–Crippen LogP) is 4.17. The molecule has 1 aromatic rings. The Kier molecular flexibility index (Phi) is 8.43. The van der Waals surface area contributed by atoms with Gasteiger partial charge in [-0.25, -0.2) is 4.79 Å². The summed E-state index contributed by atoms with van der Waals surface area (Å²) in [5.41, 5.74) is -0.170. The zero-order valence-corrected chi connectivity index (χ0v) is 24.9. The van der Waals surface area contributed by atoms with E-state index >= 15 is 0 Å². The highest BCUT2D eigenvalue weighted by atomic mass is 16.7. The highest BCUT2D eigenvalue weighted by Crippen LogP contribution is 2.55. The van der Waals surface area contributed by atoms with Crippen LogP contribution in [0.3, 0.4) is 0 Å². The van der Waals surface area contributed by atoms with Gasteiger partial charge in [-0.1, -0.05) is 19.4 Å². The molecule has 3 aliphatic heterocycles. The lowest BCUT2D eigenvalue weighted by Gasteiger charge is -2.40. The highest BCUT2D eigenvalue weighted by Gasteiger charge is 2.57. The maximum atomic E-state index is 13.9. The molecule has 0 radical (unpaired) electrons. The first kappa shape index (κ1) is 29.9. The van der Waals surface area contributed by atoms with E-state index in [0.717, 1.165) is 61.2 Å². The van der Waals surface area contributed by atoms with Crippen molar-refractivity contribution in [2.45, 2.75) is 114 Å². The Morgan fingerprint density at radius 2 is 1.88 bits per heavy atom. The number of aliphatic hydroxyl groups is 2. The maximum absolute atomic E-state index is 13.9. The van der Waals surface area contributed by atoms with Crippen molar-refractivity contribution in [2.75, 3.05) is 26.5 Å². The van der Waals surface area contributed by atoms with Gasteiger partial charge in [0.2, 0.25) is 6.79 Å². The second kappa shape index (κ2) is 11.6. The molecular weight excluding hydrogens is 526 g/mol. The van der Waals surface area contributed by atoms with Gasteiger partial charge < -0.3 is 29.2 Å². The molecule has 0 bridgehead atoms. The molecule has 1 aliphatic carbocycles. The number of carbonyl (C=O) groups is 2. The fourth-order valence-corrected chi connectivity index (χ4v) is 7.12. The Morgan fingerprint density at radius 3 is 2.61 bits per heavy atom. The number of nitrogens with zero attached hydrogens (tertiary/aromatic N) is 1. The van der Waals surface area contributed by atoms with Gasteiger partial charge in [-0.15, -0.1) is 0 Å². The van der Waals surface area contributed by atoms with Gasteiger partial charge >= 0.3 is 11.9 Å². The molecular formula is C32H45NO8. The van der Waals surface area contributed by atoms with E-state index in [2.05, 4.69) is 17.0 Å². The van der Waals surface area contributed by atoms with Crippen LogP contribution in [0.1, 0.15) is 96.1 Å². The molecule has 9 heteroatoms. The average molecular weight is 572 g/mol. The lowest BCUT2D eigenvalue weighted by Crippen LogP contribution is -2.49. The molecule has 2 N–H and O–H groups in total. The molecule has 1 saturated heterocycles. The number of rotatable bonds is 11. The number of benzene rings is 1. The Hall–Kier alpha value is -2.62. The third-order valence-corrected chi connectivity index (χ3v) is 9.17. The summed E-state index contributed by atoms with van der Waals surface area (Å²) in [4.78, 5) is 29.1. The van der Waals surface area contributed by atoms with Crippen LogP contribution in [0.15, 0.2) is 23.8 Å². The molecule has 0 amide bonds. The lowest BCUT2D eigenvalue weighted by molar-refractivity contribution is -0.178. The summed E-state index contributed by atoms with van der Waals surface area (Å²) in [6.07, 6.45) is 6.23. The number of unbranched alkanes of at least 4 members (excludes halogenated alkanes) is 1. The van der Waals surface area contributed by atoms with Gasteiger partial charge in [-0.2, -0.15) is 0 Å². The van der Waals surface area contributed by atoms with Crippen LogP contribution in [0.2, 0.25) is 0 Å². The van der Waals surface area contributed by atoms with Crippen LogP contribution < -0.4 is 9.47 Å². The molecule has 1 fully saturated rings. The molecule has 3 heterocycles. The van der Waals surface area contributed by atoms with Crippen molar-refractivity contribution in [3.05, 3.63) is 34.9 Å². The molecule has 1 unspecified atom stereocenters. The molecule has 9 nitrogen and oxygen atoms in total. The van der Waals surface area contributed by atoms with Crippen LogP contribution in [-0.4, -0.2) is 76.4 Å². The van der Waals surface area contributed by atoms with Gasteiger partial charge in [0.1, 0.15) is 6.10 Å². The van der Waals surface area contributed by atoms with Crippen molar-refractivity contribution < 1.29 is 38.7 Å². The fourth-order valence-electron chi connectivity index (χ4n) is 7.12. The van der Waals surface area contributed by atoms with Crippen molar-refractivity contribution in [2.24, 2.45) is 0 Å². The summed E-state index contributed by atoms with van der Waals surface area (Å²) in [6, 6.07) is 4.10. The Morgan fingerprint density at radius 1 is 1.12 bits per heavy atom. The van der Waals surface area contributed by atoms with Crippen molar-refractivity contribution in [3.63, 3.8) is 0 Å². The molecule has 41 heavy (non-hydrogen) atoms. The predicted molar refractivity (Wildman–Crippen MR) is 152 cm³/mol. The van der Waals surface area contributed by atoms with E-state index in [1.807, 2.05) is 19.9 Å². The van der Waals surface area contributed by atoms with E-state index in [9.17, 15) is 19.8 Å². The molecule has 4 atom stereocenters. The zero-order valence-electron chi connectivity index (χ0n) is 24.9. The molecule has 0 aromatic heterocycles. The van der Waals surface area contributed by atoms with Gasteiger partial charge in [-0.05, 0) is 101 Å². The molecule has 1 spiro atoms. The first-order valence-electron chi connectivity index (χ1n) is 15.1. The molecule has 0 saturated carbocycles. The second-order valence-corrected chi connectivity index (χ2v) is 12.9. The summed E-state index contributed by atoms with van der Waals surface area (Å²) < 4.78 is 23.0. The van der Waals surface area contributed by atoms with Crippen molar-refractivity contribution in [3.8, 4) is 11.5 Å². The van der Waals surface area contributed by atoms with Gasteiger partial charge in [0.25, 0.3) is 0 Å². The minimum atomic E-state index is -2.07. The van der Waals surface area contributed by atoms with E-state index in [1.165, 1.54) is 0 Å². The first-order chi connectivity index (χ1) is 19.5. The van der Waals surface area contributed by atoms with Gasteiger partial charge in [0.15, 0.2) is 17.1 Å². The minimum absolute atomic E-state index is 0.0224. The molecule has 226 valence electrons. The summed E-state index contributed by atoms with van der Waals surface area (Å²) in [7, 11) is 0. The van der Waals surface area contributed by atoms with Gasteiger partial charge in [0.05, 0.1) is 24.2 Å². The summed E-state index contributed by atoms with van der Waals surface area (Å²) in [5, 5.41) is 21.9. The van der Waals surface area contributed by atoms with E-state index in [4.69, 9.17) is 18.9 Å². The zero-order chi connectivity index (χ0) is 29.4. The minimum Gasteiger partial charge on any atom is -0.466 e. The van der Waals surface area contributed by atoms with E-state index in [-0.39, 0.29) is 31.3 Å². The summed E-state index contributed by atoms with van der Waals surface area (Å²) in [5.74, 6) is -0.216. The van der Waals surface area contributed by atoms with Crippen molar-refractivity contribution >= 4 is 11.9 Å². The maximum Gasteiger partial charge on any atom is 0.339 e. The SMILES string of the molecule is CCCCOC(=O)C[C@](O)(CCCC(C)(C)O)C(=O)OC1C(C)=C[C@@]23CCCN2CCc2cc4c(cc2[C@H]13)OCO4.